The lowest BCUT2D eigenvalue weighted by atomic mass is 10.00. The molecular weight excluding hydrogens is 749 g/mol. The largest absolute Gasteiger partial charge is 0.455 e. The summed E-state index contributed by atoms with van der Waals surface area (Å²) in [5.41, 5.74) is 0.631. The van der Waals surface area contributed by atoms with Gasteiger partial charge in [-0.2, -0.15) is 0 Å². The maximum Gasteiger partial charge on any atom is 0.334 e. The molecule has 0 aromatic rings. The Balaban J connectivity index is 1.03. The van der Waals surface area contributed by atoms with Crippen LogP contribution in [0.5, 0.6) is 0 Å². The zero-order valence-corrected chi connectivity index (χ0v) is 39.5. The maximum absolute atomic E-state index is 11.7. The molecule has 3 N–H and O–H groups in total. The Bertz CT molecular complexity index is 1050. The summed E-state index contributed by atoms with van der Waals surface area (Å²) in [6.45, 7) is 4.15. The Morgan fingerprint density at radius 2 is 0.800 bits per heavy atom. The van der Waals surface area contributed by atoms with E-state index in [1.54, 1.807) is 0 Å². The molecule has 0 aliphatic carbocycles. The van der Waals surface area contributed by atoms with Crippen LogP contribution < -0.4 is 0 Å². The zero-order valence-electron chi connectivity index (χ0n) is 39.5. The van der Waals surface area contributed by atoms with Crippen molar-refractivity contribution >= 4 is 5.97 Å². The molecule has 3 rings (SSSR count). The van der Waals surface area contributed by atoms with E-state index >= 15 is 0 Å². The summed E-state index contributed by atoms with van der Waals surface area (Å²) < 4.78 is 17.8. The SMILES string of the molecule is CCCCCCCCCCCCCCCCCCCCCC[C@@H](O)[C@H]1CC[C@H]([C@H]2CC[C@H]([C@H](O)CCCCCCCCCCCCCC[C@@H](O)CC3=C[C@H](C)OC3=O)O2)O1. The van der Waals surface area contributed by atoms with E-state index in [2.05, 4.69) is 6.92 Å². The van der Waals surface area contributed by atoms with Crippen molar-refractivity contribution in [3.05, 3.63) is 11.6 Å². The number of cyclic esters (lactones) is 1. The smallest absolute Gasteiger partial charge is 0.334 e. The van der Waals surface area contributed by atoms with Crippen LogP contribution in [0.25, 0.3) is 0 Å². The lowest BCUT2D eigenvalue weighted by molar-refractivity contribution is -0.139. The molecule has 0 bridgehead atoms. The third kappa shape index (κ3) is 25.3. The fourth-order valence-corrected chi connectivity index (χ4v) is 10.1. The van der Waals surface area contributed by atoms with E-state index in [1.165, 1.54) is 180 Å². The molecule has 7 heteroatoms. The summed E-state index contributed by atoms with van der Waals surface area (Å²) in [7, 11) is 0. The number of unbranched alkanes of at least 4 members (excludes halogenated alkanes) is 30. The molecule has 352 valence electrons. The summed E-state index contributed by atoms with van der Waals surface area (Å²) in [6.07, 6.45) is 49.4. The molecule has 0 amide bonds. The average Bonchev–Trinajstić information content (AvgIpc) is 4.00. The molecule has 3 aliphatic rings. The second-order valence-corrected chi connectivity index (χ2v) is 19.7. The summed E-state index contributed by atoms with van der Waals surface area (Å²) >= 11 is 0. The fourth-order valence-electron chi connectivity index (χ4n) is 10.1. The van der Waals surface area contributed by atoms with Gasteiger partial charge in [0.25, 0.3) is 0 Å². The predicted molar refractivity (Wildman–Crippen MR) is 249 cm³/mol. The van der Waals surface area contributed by atoms with Crippen molar-refractivity contribution in [1.82, 2.24) is 0 Å². The van der Waals surface area contributed by atoms with Crippen LogP contribution in [0.4, 0.5) is 0 Å². The average molecular weight is 847 g/mol. The van der Waals surface area contributed by atoms with Crippen LogP contribution in [0.1, 0.15) is 271 Å². The van der Waals surface area contributed by atoms with Crippen LogP contribution >= 0.6 is 0 Å². The highest BCUT2D eigenvalue weighted by Crippen LogP contribution is 2.35. The van der Waals surface area contributed by atoms with Gasteiger partial charge in [-0.3, -0.25) is 0 Å². The molecule has 0 unspecified atom stereocenters. The summed E-state index contributed by atoms with van der Waals surface area (Å²) in [6, 6.07) is 0. The van der Waals surface area contributed by atoms with Crippen LogP contribution in [0.3, 0.4) is 0 Å². The van der Waals surface area contributed by atoms with Gasteiger partial charge in [-0.1, -0.05) is 212 Å². The van der Waals surface area contributed by atoms with Crippen molar-refractivity contribution in [3.8, 4) is 0 Å². The molecule has 8 atom stereocenters. The first-order valence-corrected chi connectivity index (χ1v) is 26.6. The number of hydrogen-bond acceptors (Lipinski definition) is 7. The Labute approximate surface area is 370 Å². The Kier molecular flexibility index (Phi) is 31.4. The quantitative estimate of drug-likeness (QED) is 0.0416. The van der Waals surface area contributed by atoms with E-state index in [0.717, 1.165) is 70.6 Å². The van der Waals surface area contributed by atoms with Crippen molar-refractivity contribution in [2.45, 2.75) is 320 Å². The minimum absolute atomic E-state index is 0.0561. The van der Waals surface area contributed by atoms with E-state index in [9.17, 15) is 20.1 Å². The molecule has 3 heterocycles. The van der Waals surface area contributed by atoms with E-state index < -0.39 is 6.10 Å². The first-order chi connectivity index (χ1) is 29.4. The van der Waals surface area contributed by atoms with Gasteiger partial charge < -0.3 is 29.5 Å². The molecule has 0 radical (unpaired) electrons. The zero-order chi connectivity index (χ0) is 42.9. The van der Waals surface area contributed by atoms with Crippen molar-refractivity contribution < 1.29 is 34.3 Å². The standard InChI is InChI=1S/C53H98O7/c1-3-4-5-6-7-8-9-10-11-12-13-14-15-16-17-21-24-27-30-33-36-47(55)49-38-40-51(59-49)52-41-39-50(60-52)48(56)37-34-31-28-25-22-19-18-20-23-26-29-32-35-46(54)43-45-42-44(2)58-53(45)57/h42,44,46-52,54-56H,3-41,43H2,1-2H3/t44-,46+,47+,48+,49+,50+,51+,52+/m0/s1. The number of carbonyl (C=O) groups is 1. The molecule has 0 spiro atoms. The van der Waals surface area contributed by atoms with E-state index in [4.69, 9.17) is 14.2 Å². The van der Waals surface area contributed by atoms with Crippen LogP contribution in [-0.4, -0.2) is 70.1 Å². The monoisotopic (exact) mass is 847 g/mol. The van der Waals surface area contributed by atoms with Gasteiger partial charge in [0.15, 0.2) is 0 Å². The van der Waals surface area contributed by atoms with Crippen molar-refractivity contribution in [2.24, 2.45) is 0 Å². The number of aliphatic hydroxyl groups excluding tert-OH is 3. The molecule has 0 aromatic heterocycles. The van der Waals surface area contributed by atoms with Gasteiger partial charge in [0.05, 0.1) is 42.7 Å². The molecule has 0 saturated carbocycles. The second-order valence-electron chi connectivity index (χ2n) is 19.7. The predicted octanol–water partition coefficient (Wildman–Crippen LogP) is 14.1. The molecule has 60 heavy (non-hydrogen) atoms. The highest BCUT2D eigenvalue weighted by molar-refractivity contribution is 5.90. The number of esters is 1. The summed E-state index contributed by atoms with van der Waals surface area (Å²) in [5, 5.41) is 32.0. The number of aliphatic hydroxyl groups is 3. The lowest BCUT2D eigenvalue weighted by Crippen LogP contribution is -2.33. The maximum atomic E-state index is 11.7. The number of carbonyl (C=O) groups excluding carboxylic acids is 1. The Morgan fingerprint density at radius 1 is 0.483 bits per heavy atom. The summed E-state index contributed by atoms with van der Waals surface area (Å²) in [5.74, 6) is -0.268. The fraction of sp³-hybridized carbons (Fsp3) is 0.943. The highest BCUT2D eigenvalue weighted by Gasteiger charge is 2.40. The van der Waals surface area contributed by atoms with E-state index in [0.29, 0.717) is 12.0 Å². The van der Waals surface area contributed by atoms with Gasteiger partial charge in [0.2, 0.25) is 0 Å². The van der Waals surface area contributed by atoms with Gasteiger partial charge in [-0.25, -0.2) is 4.79 Å². The first-order valence-electron chi connectivity index (χ1n) is 26.6. The molecule has 7 nitrogen and oxygen atoms in total. The third-order valence-corrected chi connectivity index (χ3v) is 14.0. The highest BCUT2D eigenvalue weighted by atomic mass is 16.6. The minimum atomic E-state index is -0.444. The van der Waals surface area contributed by atoms with Gasteiger partial charge in [-0.15, -0.1) is 0 Å². The van der Waals surface area contributed by atoms with Crippen molar-refractivity contribution in [3.63, 3.8) is 0 Å². The lowest BCUT2D eigenvalue weighted by Gasteiger charge is -2.24. The van der Waals surface area contributed by atoms with Crippen LogP contribution in [0, 0.1) is 0 Å². The van der Waals surface area contributed by atoms with Crippen LogP contribution in [-0.2, 0) is 19.0 Å². The topological polar surface area (TPSA) is 105 Å². The number of rotatable bonds is 41. The molecule has 2 saturated heterocycles. The first kappa shape index (κ1) is 53.3. The normalized spacial score (nSPS) is 23.3. The van der Waals surface area contributed by atoms with Crippen LogP contribution in [0.15, 0.2) is 11.6 Å². The summed E-state index contributed by atoms with van der Waals surface area (Å²) in [4.78, 5) is 11.7. The van der Waals surface area contributed by atoms with E-state index in [1.807, 2.05) is 13.0 Å². The minimum Gasteiger partial charge on any atom is -0.455 e. The van der Waals surface area contributed by atoms with Crippen molar-refractivity contribution in [2.75, 3.05) is 0 Å². The molecule has 3 aliphatic heterocycles. The van der Waals surface area contributed by atoms with Crippen molar-refractivity contribution in [1.29, 1.82) is 0 Å². The molecular formula is C53H98O7. The van der Waals surface area contributed by atoms with Gasteiger partial charge in [0, 0.05) is 12.0 Å². The Morgan fingerprint density at radius 3 is 1.12 bits per heavy atom. The molecule has 0 aromatic carbocycles. The molecule has 2 fully saturated rings. The van der Waals surface area contributed by atoms with Gasteiger partial charge in [-0.05, 0) is 57.9 Å². The Hall–Kier alpha value is -0.990. The van der Waals surface area contributed by atoms with E-state index in [-0.39, 0.29) is 48.7 Å². The van der Waals surface area contributed by atoms with Gasteiger partial charge >= 0.3 is 5.97 Å². The second kappa shape index (κ2) is 35.4. The van der Waals surface area contributed by atoms with Crippen LogP contribution in [0.2, 0.25) is 0 Å². The third-order valence-electron chi connectivity index (χ3n) is 14.0. The number of ether oxygens (including phenoxy) is 3. The van der Waals surface area contributed by atoms with Gasteiger partial charge in [0.1, 0.15) is 6.10 Å². The number of hydrogen-bond donors (Lipinski definition) is 3.